The van der Waals surface area contributed by atoms with Gasteiger partial charge in [-0.1, -0.05) is 18.6 Å². The maximum atomic E-state index is 10.6. The number of benzene rings is 1. The Bertz CT molecular complexity index is 447. The summed E-state index contributed by atoms with van der Waals surface area (Å²) in [5.74, 6) is 0.195. The standard InChI is InChI=1S/C12H12N2O2/c13-8-12(9-3-1-4-9)10-5-2-6-11(7-10)14(15)16/h2,5-7,9,12H,1,3-4H2. The first-order valence-corrected chi connectivity index (χ1v) is 5.36. The summed E-state index contributed by atoms with van der Waals surface area (Å²) in [5.41, 5.74) is 0.846. The van der Waals surface area contributed by atoms with Gasteiger partial charge in [-0.2, -0.15) is 5.26 Å². The topological polar surface area (TPSA) is 66.9 Å². The van der Waals surface area contributed by atoms with E-state index in [-0.39, 0.29) is 11.6 Å². The Labute approximate surface area is 93.7 Å². The monoisotopic (exact) mass is 216 g/mol. The van der Waals surface area contributed by atoms with Gasteiger partial charge in [0.1, 0.15) is 0 Å². The number of nitro benzene ring substituents is 1. The van der Waals surface area contributed by atoms with E-state index in [0.717, 1.165) is 24.8 Å². The number of hydrogen-bond donors (Lipinski definition) is 0. The molecule has 0 spiro atoms. The van der Waals surface area contributed by atoms with Crippen LogP contribution in [0.4, 0.5) is 5.69 Å². The summed E-state index contributed by atoms with van der Waals surface area (Å²) in [5, 5.41) is 19.8. The van der Waals surface area contributed by atoms with Crippen molar-refractivity contribution in [2.45, 2.75) is 25.2 Å². The van der Waals surface area contributed by atoms with Gasteiger partial charge in [-0.15, -0.1) is 0 Å². The highest BCUT2D eigenvalue weighted by Crippen LogP contribution is 2.39. The minimum atomic E-state index is -0.418. The van der Waals surface area contributed by atoms with Gasteiger partial charge in [-0.25, -0.2) is 0 Å². The molecule has 0 amide bonds. The Morgan fingerprint density at radius 2 is 2.25 bits per heavy atom. The number of nitro groups is 1. The Balaban J connectivity index is 2.27. The molecule has 1 aromatic carbocycles. The highest BCUT2D eigenvalue weighted by atomic mass is 16.6. The number of hydrogen-bond acceptors (Lipinski definition) is 3. The van der Waals surface area contributed by atoms with Crippen molar-refractivity contribution in [1.82, 2.24) is 0 Å². The van der Waals surface area contributed by atoms with E-state index in [4.69, 9.17) is 5.26 Å². The summed E-state index contributed by atoms with van der Waals surface area (Å²) in [6, 6.07) is 8.69. The molecule has 0 heterocycles. The Morgan fingerprint density at radius 1 is 1.50 bits per heavy atom. The maximum Gasteiger partial charge on any atom is 0.269 e. The maximum absolute atomic E-state index is 10.6. The molecule has 1 aliphatic carbocycles. The molecule has 4 heteroatoms. The molecule has 0 saturated heterocycles. The molecule has 1 saturated carbocycles. The van der Waals surface area contributed by atoms with Crippen LogP contribution in [0, 0.1) is 27.4 Å². The largest absolute Gasteiger partial charge is 0.269 e. The third-order valence-corrected chi connectivity index (χ3v) is 3.20. The average Bonchev–Trinajstić information content (AvgIpc) is 2.23. The van der Waals surface area contributed by atoms with E-state index in [0.29, 0.717) is 5.92 Å². The number of nitriles is 1. The highest BCUT2D eigenvalue weighted by molar-refractivity contribution is 5.38. The molecule has 4 nitrogen and oxygen atoms in total. The highest BCUT2D eigenvalue weighted by Gasteiger charge is 2.29. The molecule has 0 bridgehead atoms. The lowest BCUT2D eigenvalue weighted by atomic mass is 9.74. The zero-order valence-electron chi connectivity index (χ0n) is 8.80. The van der Waals surface area contributed by atoms with E-state index in [1.54, 1.807) is 12.1 Å². The van der Waals surface area contributed by atoms with Crippen LogP contribution in [-0.4, -0.2) is 4.92 Å². The summed E-state index contributed by atoms with van der Waals surface area (Å²) in [7, 11) is 0. The van der Waals surface area contributed by atoms with E-state index in [1.165, 1.54) is 12.1 Å². The molecule has 0 N–H and O–H groups in total. The number of non-ortho nitro benzene ring substituents is 1. The molecule has 1 aromatic rings. The van der Waals surface area contributed by atoms with Crippen molar-refractivity contribution in [3.05, 3.63) is 39.9 Å². The van der Waals surface area contributed by atoms with Crippen LogP contribution >= 0.6 is 0 Å². The molecule has 1 fully saturated rings. The quantitative estimate of drug-likeness (QED) is 0.576. The molecule has 82 valence electrons. The molecule has 2 rings (SSSR count). The van der Waals surface area contributed by atoms with Crippen LogP contribution in [0.1, 0.15) is 30.7 Å². The van der Waals surface area contributed by atoms with Gasteiger partial charge in [0.25, 0.3) is 5.69 Å². The van der Waals surface area contributed by atoms with Crippen LogP contribution in [0.3, 0.4) is 0 Å². The van der Waals surface area contributed by atoms with Gasteiger partial charge in [0, 0.05) is 12.1 Å². The van der Waals surface area contributed by atoms with Crippen LogP contribution in [0.2, 0.25) is 0 Å². The Morgan fingerprint density at radius 3 is 2.75 bits per heavy atom. The third kappa shape index (κ3) is 1.89. The van der Waals surface area contributed by atoms with E-state index in [2.05, 4.69) is 6.07 Å². The molecule has 0 aromatic heterocycles. The molecule has 0 radical (unpaired) electrons. The minimum absolute atomic E-state index is 0.0667. The van der Waals surface area contributed by atoms with Crippen molar-refractivity contribution in [2.24, 2.45) is 5.92 Å². The van der Waals surface area contributed by atoms with Crippen LogP contribution in [0.15, 0.2) is 24.3 Å². The predicted octanol–water partition coefficient (Wildman–Crippen LogP) is 3.00. The summed E-state index contributed by atoms with van der Waals surface area (Å²) in [4.78, 5) is 10.2. The predicted molar refractivity (Wildman–Crippen MR) is 58.8 cm³/mol. The molecule has 1 aliphatic rings. The number of rotatable bonds is 3. The lowest BCUT2D eigenvalue weighted by Gasteiger charge is -2.29. The second kappa shape index (κ2) is 4.31. The first kappa shape index (κ1) is 10.6. The van der Waals surface area contributed by atoms with Crippen molar-refractivity contribution < 1.29 is 4.92 Å². The number of nitrogens with zero attached hydrogens (tertiary/aromatic N) is 2. The fourth-order valence-electron chi connectivity index (χ4n) is 2.06. The molecule has 16 heavy (non-hydrogen) atoms. The van der Waals surface area contributed by atoms with Gasteiger partial charge in [0.15, 0.2) is 0 Å². The summed E-state index contributed by atoms with van der Waals surface area (Å²) < 4.78 is 0. The van der Waals surface area contributed by atoms with Crippen LogP contribution < -0.4 is 0 Å². The van der Waals surface area contributed by atoms with Crippen LogP contribution in [0.5, 0.6) is 0 Å². The van der Waals surface area contributed by atoms with Gasteiger partial charge < -0.3 is 0 Å². The lowest BCUT2D eigenvalue weighted by Crippen LogP contribution is -2.19. The first-order valence-electron chi connectivity index (χ1n) is 5.36. The summed E-state index contributed by atoms with van der Waals surface area (Å²) >= 11 is 0. The van der Waals surface area contributed by atoms with Gasteiger partial charge >= 0.3 is 0 Å². The third-order valence-electron chi connectivity index (χ3n) is 3.20. The summed E-state index contributed by atoms with van der Waals surface area (Å²) in [6.45, 7) is 0. The van der Waals surface area contributed by atoms with Gasteiger partial charge in [0.05, 0.1) is 16.9 Å². The molecule has 1 atom stereocenters. The van der Waals surface area contributed by atoms with Crippen molar-refractivity contribution in [2.75, 3.05) is 0 Å². The first-order chi connectivity index (χ1) is 7.72. The van der Waals surface area contributed by atoms with E-state index in [1.807, 2.05) is 0 Å². The Kier molecular flexibility index (Phi) is 2.86. The van der Waals surface area contributed by atoms with Crippen LogP contribution in [0.25, 0.3) is 0 Å². The molecular formula is C12H12N2O2. The van der Waals surface area contributed by atoms with E-state index in [9.17, 15) is 10.1 Å². The van der Waals surface area contributed by atoms with Crippen molar-refractivity contribution >= 4 is 5.69 Å². The van der Waals surface area contributed by atoms with Gasteiger partial charge in [-0.05, 0) is 24.3 Å². The van der Waals surface area contributed by atoms with Gasteiger partial charge in [-0.3, -0.25) is 10.1 Å². The fourth-order valence-corrected chi connectivity index (χ4v) is 2.06. The van der Waals surface area contributed by atoms with Gasteiger partial charge in [0.2, 0.25) is 0 Å². The smallest absolute Gasteiger partial charge is 0.258 e. The second-order valence-electron chi connectivity index (χ2n) is 4.15. The van der Waals surface area contributed by atoms with Crippen LogP contribution in [-0.2, 0) is 0 Å². The fraction of sp³-hybridized carbons (Fsp3) is 0.417. The molecule has 1 unspecified atom stereocenters. The zero-order valence-corrected chi connectivity index (χ0v) is 8.80. The van der Waals surface area contributed by atoms with E-state index >= 15 is 0 Å². The van der Waals surface area contributed by atoms with Crippen molar-refractivity contribution in [1.29, 1.82) is 5.26 Å². The average molecular weight is 216 g/mol. The molecule has 0 aliphatic heterocycles. The van der Waals surface area contributed by atoms with Crippen molar-refractivity contribution in [3.8, 4) is 6.07 Å². The van der Waals surface area contributed by atoms with Crippen molar-refractivity contribution in [3.63, 3.8) is 0 Å². The second-order valence-corrected chi connectivity index (χ2v) is 4.15. The summed E-state index contributed by atoms with van der Waals surface area (Å²) in [6.07, 6.45) is 3.28. The normalized spacial score (nSPS) is 17.2. The Hall–Kier alpha value is -1.89. The zero-order chi connectivity index (χ0) is 11.5. The lowest BCUT2D eigenvalue weighted by molar-refractivity contribution is -0.384. The SMILES string of the molecule is N#CC(c1cccc([N+](=O)[O-])c1)C1CCC1. The minimum Gasteiger partial charge on any atom is -0.258 e. The molecular weight excluding hydrogens is 204 g/mol. The van der Waals surface area contributed by atoms with E-state index < -0.39 is 4.92 Å².